The monoisotopic (exact) mass is 298 g/mol. The Kier molecular flexibility index (Phi) is 5.17. The topological polar surface area (TPSA) is 55.6 Å². The molecule has 2 aromatic rings. The lowest BCUT2D eigenvalue weighted by atomic mass is 9.92. The number of hydrogen-bond donors (Lipinski definition) is 1. The van der Waals surface area contributed by atoms with Crippen molar-refractivity contribution in [2.45, 2.75) is 12.5 Å². The van der Waals surface area contributed by atoms with Crippen molar-refractivity contribution in [3.63, 3.8) is 0 Å². The summed E-state index contributed by atoms with van der Waals surface area (Å²) in [7, 11) is 1.74. The van der Waals surface area contributed by atoms with Crippen LogP contribution in [0.5, 0.6) is 5.75 Å². The van der Waals surface area contributed by atoms with Crippen LogP contribution in [0.2, 0.25) is 0 Å². The summed E-state index contributed by atoms with van der Waals surface area (Å²) in [5.41, 5.74) is 6.00. The highest BCUT2D eigenvalue weighted by Crippen LogP contribution is 2.19. The van der Waals surface area contributed by atoms with E-state index in [0.29, 0.717) is 13.2 Å². The molecule has 0 spiro atoms. The van der Waals surface area contributed by atoms with Gasteiger partial charge in [-0.15, -0.1) is 0 Å². The number of rotatable bonds is 6. The Labute approximate surface area is 131 Å². The van der Waals surface area contributed by atoms with E-state index in [2.05, 4.69) is 0 Å². The highest BCUT2D eigenvalue weighted by molar-refractivity contribution is 5.86. The van der Waals surface area contributed by atoms with E-state index in [0.717, 1.165) is 11.3 Å². The van der Waals surface area contributed by atoms with Gasteiger partial charge in [-0.1, -0.05) is 48.5 Å². The zero-order valence-corrected chi connectivity index (χ0v) is 13.0. The Balaban J connectivity index is 1.91. The summed E-state index contributed by atoms with van der Waals surface area (Å²) in [6.45, 7) is 2.64. The first kappa shape index (κ1) is 16.0. The summed E-state index contributed by atoms with van der Waals surface area (Å²) in [6, 6.07) is 18.9. The first-order valence-corrected chi connectivity index (χ1v) is 7.29. The molecule has 0 aromatic heterocycles. The van der Waals surface area contributed by atoms with Crippen LogP contribution in [0, 0.1) is 0 Å². The normalized spacial score (nSPS) is 13.2. The summed E-state index contributed by atoms with van der Waals surface area (Å²) in [4.78, 5) is 14.2. The molecule has 2 rings (SSSR count). The third-order valence-corrected chi connectivity index (χ3v) is 3.60. The van der Waals surface area contributed by atoms with Crippen LogP contribution >= 0.6 is 0 Å². The number of carbonyl (C=O) groups excluding carboxylic acids is 1. The maximum Gasteiger partial charge on any atom is 0.246 e. The van der Waals surface area contributed by atoms with Crippen molar-refractivity contribution < 1.29 is 9.53 Å². The fraction of sp³-hybridized carbons (Fsp3) is 0.278. The number of ether oxygens (including phenoxy) is 1. The largest absolute Gasteiger partial charge is 0.492 e. The average molecular weight is 298 g/mol. The van der Waals surface area contributed by atoms with Crippen LogP contribution in [0.4, 0.5) is 0 Å². The number of para-hydroxylation sites is 1. The molecule has 0 fully saturated rings. The Morgan fingerprint density at radius 2 is 1.64 bits per heavy atom. The van der Waals surface area contributed by atoms with Crippen molar-refractivity contribution in [3.05, 3.63) is 66.2 Å². The lowest BCUT2D eigenvalue weighted by Gasteiger charge is -2.29. The lowest BCUT2D eigenvalue weighted by Crippen LogP contribution is -2.50. The minimum absolute atomic E-state index is 0.129. The fourth-order valence-electron chi connectivity index (χ4n) is 2.22. The Bertz CT molecular complexity index is 597. The molecule has 0 aliphatic rings. The van der Waals surface area contributed by atoms with Gasteiger partial charge in [0.1, 0.15) is 17.9 Å². The van der Waals surface area contributed by atoms with Crippen LogP contribution < -0.4 is 10.5 Å². The van der Waals surface area contributed by atoms with E-state index < -0.39 is 5.54 Å². The summed E-state index contributed by atoms with van der Waals surface area (Å²) in [5.74, 6) is 0.664. The van der Waals surface area contributed by atoms with Gasteiger partial charge in [0.05, 0.1) is 6.54 Å². The fourth-order valence-corrected chi connectivity index (χ4v) is 2.22. The van der Waals surface area contributed by atoms with Crippen molar-refractivity contribution in [1.29, 1.82) is 0 Å². The molecular formula is C18H22N2O2. The quantitative estimate of drug-likeness (QED) is 0.891. The molecule has 0 aliphatic heterocycles. The molecule has 0 radical (unpaired) electrons. The van der Waals surface area contributed by atoms with Crippen LogP contribution in [-0.4, -0.2) is 31.0 Å². The van der Waals surface area contributed by atoms with Gasteiger partial charge in [0.2, 0.25) is 5.91 Å². The Hall–Kier alpha value is -2.33. The molecule has 0 bridgehead atoms. The Morgan fingerprint density at radius 3 is 2.23 bits per heavy atom. The van der Waals surface area contributed by atoms with E-state index >= 15 is 0 Å². The van der Waals surface area contributed by atoms with Crippen LogP contribution in [0.25, 0.3) is 0 Å². The Morgan fingerprint density at radius 1 is 1.09 bits per heavy atom. The third-order valence-electron chi connectivity index (χ3n) is 3.60. The maximum atomic E-state index is 12.6. The summed E-state index contributed by atoms with van der Waals surface area (Å²) in [5, 5.41) is 0. The number of benzene rings is 2. The number of carbonyl (C=O) groups is 1. The standard InChI is InChI=1S/C18H22N2O2/c1-18(19,15-9-5-3-6-10-15)17(21)20(2)13-14-22-16-11-7-4-8-12-16/h3-12H,13-14,19H2,1-2H3. The second kappa shape index (κ2) is 7.09. The van der Waals surface area contributed by atoms with Crippen molar-refractivity contribution in [2.75, 3.05) is 20.2 Å². The maximum absolute atomic E-state index is 12.6. The average Bonchev–Trinajstić information content (AvgIpc) is 2.55. The van der Waals surface area contributed by atoms with E-state index in [1.807, 2.05) is 60.7 Å². The number of nitrogens with zero attached hydrogens (tertiary/aromatic N) is 1. The molecule has 4 nitrogen and oxygen atoms in total. The highest BCUT2D eigenvalue weighted by Gasteiger charge is 2.32. The minimum atomic E-state index is -1.04. The van der Waals surface area contributed by atoms with Gasteiger partial charge in [-0.2, -0.15) is 0 Å². The molecule has 0 aliphatic carbocycles. The molecule has 22 heavy (non-hydrogen) atoms. The highest BCUT2D eigenvalue weighted by atomic mass is 16.5. The molecule has 0 heterocycles. The van der Waals surface area contributed by atoms with Gasteiger partial charge in [-0.3, -0.25) is 4.79 Å². The van der Waals surface area contributed by atoms with Gasteiger partial charge in [0.15, 0.2) is 0 Å². The predicted molar refractivity (Wildman–Crippen MR) is 87.6 cm³/mol. The molecule has 1 atom stereocenters. The molecule has 116 valence electrons. The second-order valence-corrected chi connectivity index (χ2v) is 5.46. The van der Waals surface area contributed by atoms with Crippen LogP contribution in [0.15, 0.2) is 60.7 Å². The van der Waals surface area contributed by atoms with E-state index in [-0.39, 0.29) is 5.91 Å². The van der Waals surface area contributed by atoms with Gasteiger partial charge < -0.3 is 15.4 Å². The number of likely N-dealkylation sites (N-methyl/N-ethyl adjacent to an activating group) is 1. The van der Waals surface area contributed by atoms with Gasteiger partial charge in [0.25, 0.3) is 0 Å². The van der Waals surface area contributed by atoms with Gasteiger partial charge in [-0.05, 0) is 24.6 Å². The summed E-state index contributed by atoms with van der Waals surface area (Å²) < 4.78 is 5.61. The van der Waals surface area contributed by atoms with E-state index in [4.69, 9.17) is 10.5 Å². The van der Waals surface area contributed by atoms with Crippen molar-refractivity contribution >= 4 is 5.91 Å². The van der Waals surface area contributed by atoms with E-state index in [1.54, 1.807) is 18.9 Å². The number of hydrogen-bond acceptors (Lipinski definition) is 3. The molecule has 4 heteroatoms. The van der Waals surface area contributed by atoms with Crippen molar-refractivity contribution in [2.24, 2.45) is 5.73 Å². The molecule has 0 saturated carbocycles. The first-order valence-electron chi connectivity index (χ1n) is 7.29. The summed E-state index contributed by atoms with van der Waals surface area (Å²) in [6.07, 6.45) is 0. The molecule has 1 unspecified atom stereocenters. The molecule has 2 N–H and O–H groups in total. The predicted octanol–water partition coefficient (Wildman–Crippen LogP) is 2.40. The second-order valence-electron chi connectivity index (χ2n) is 5.46. The number of amides is 1. The van der Waals surface area contributed by atoms with Crippen LogP contribution in [0.1, 0.15) is 12.5 Å². The lowest BCUT2D eigenvalue weighted by molar-refractivity contribution is -0.135. The zero-order valence-electron chi connectivity index (χ0n) is 13.0. The molecule has 1 amide bonds. The van der Waals surface area contributed by atoms with Gasteiger partial charge >= 0.3 is 0 Å². The first-order chi connectivity index (χ1) is 10.5. The smallest absolute Gasteiger partial charge is 0.246 e. The SMILES string of the molecule is CN(CCOc1ccccc1)C(=O)C(C)(N)c1ccccc1. The third kappa shape index (κ3) is 3.86. The number of nitrogens with two attached hydrogens (primary N) is 1. The summed E-state index contributed by atoms with van der Waals surface area (Å²) >= 11 is 0. The zero-order chi connectivity index (χ0) is 16.0. The molecular weight excluding hydrogens is 276 g/mol. The molecule has 0 saturated heterocycles. The molecule has 2 aromatic carbocycles. The van der Waals surface area contributed by atoms with Gasteiger partial charge in [0, 0.05) is 7.05 Å². The van der Waals surface area contributed by atoms with Crippen LogP contribution in [-0.2, 0) is 10.3 Å². The van der Waals surface area contributed by atoms with E-state index in [1.165, 1.54) is 0 Å². The minimum Gasteiger partial charge on any atom is -0.492 e. The van der Waals surface area contributed by atoms with E-state index in [9.17, 15) is 4.79 Å². The van der Waals surface area contributed by atoms with Gasteiger partial charge in [-0.25, -0.2) is 0 Å². The van der Waals surface area contributed by atoms with Crippen molar-refractivity contribution in [3.8, 4) is 5.75 Å². The van der Waals surface area contributed by atoms with Crippen LogP contribution in [0.3, 0.4) is 0 Å². The van der Waals surface area contributed by atoms with Crippen molar-refractivity contribution in [1.82, 2.24) is 4.90 Å².